The molecule has 1 atom stereocenters. The maximum Gasteiger partial charge on any atom is 0.253 e. The van der Waals surface area contributed by atoms with Gasteiger partial charge in [0.15, 0.2) is 11.5 Å². The van der Waals surface area contributed by atoms with Crippen LogP contribution in [0.5, 0.6) is 11.5 Å². The van der Waals surface area contributed by atoms with Crippen molar-refractivity contribution >= 4 is 28.8 Å². The molecular weight excluding hydrogens is 506 g/mol. The number of hydrogen-bond acceptors (Lipinski definition) is 5. The predicted octanol–water partition coefficient (Wildman–Crippen LogP) is 7.03. The molecule has 194 valence electrons. The fraction of sp³-hybridized carbons (Fsp3) is 0.310. The number of carbonyl (C=O) groups excluding carboxylic acids is 1. The summed E-state index contributed by atoms with van der Waals surface area (Å²) in [5, 5.41) is 6.63. The van der Waals surface area contributed by atoms with E-state index in [1.807, 2.05) is 67.8 Å². The number of ether oxygens (including phenoxy) is 2. The number of nitrogens with one attached hydrogen (secondary N) is 1. The highest BCUT2D eigenvalue weighted by atomic mass is 35.5. The van der Waals surface area contributed by atoms with Gasteiger partial charge < -0.3 is 19.4 Å². The van der Waals surface area contributed by atoms with Crippen LogP contribution >= 0.6 is 22.9 Å². The van der Waals surface area contributed by atoms with Crippen LogP contribution in [-0.4, -0.2) is 35.7 Å². The zero-order chi connectivity index (χ0) is 26.5. The zero-order valence-electron chi connectivity index (χ0n) is 21.8. The second kappa shape index (κ2) is 11.8. The molecular formula is C29H32ClN3O3S. The van der Waals surface area contributed by atoms with E-state index in [4.69, 9.17) is 26.1 Å². The standard InChI is InChI=1S/C29H32ClN3O3S/c1-6-18(2)31-28(34)22-16-25(24-17-37-29(32-24)21-9-7-8-10-23(21)30)33(19(22)3)14-13-20-11-12-26(35-4)27(15-20)36-5/h7-12,15-18H,6,13-14H2,1-5H3,(H,31,34). The van der Waals surface area contributed by atoms with Crippen LogP contribution in [0, 0.1) is 6.92 Å². The van der Waals surface area contributed by atoms with Crippen LogP contribution in [0.25, 0.3) is 22.0 Å². The summed E-state index contributed by atoms with van der Waals surface area (Å²) in [6.45, 7) is 6.73. The maximum atomic E-state index is 13.1. The molecule has 0 saturated heterocycles. The number of carbonyl (C=O) groups is 1. The second-order valence-corrected chi connectivity index (χ2v) is 10.2. The van der Waals surface area contributed by atoms with E-state index in [1.165, 1.54) is 0 Å². The average molecular weight is 538 g/mol. The highest BCUT2D eigenvalue weighted by molar-refractivity contribution is 7.13. The number of halogens is 1. The third-order valence-electron chi connectivity index (χ3n) is 6.54. The van der Waals surface area contributed by atoms with Crippen molar-refractivity contribution in [3.05, 3.63) is 75.8 Å². The number of nitrogens with zero attached hydrogens (tertiary/aromatic N) is 2. The van der Waals surface area contributed by atoms with Crippen molar-refractivity contribution in [1.29, 1.82) is 0 Å². The first kappa shape index (κ1) is 26.8. The van der Waals surface area contributed by atoms with Gasteiger partial charge in [-0.15, -0.1) is 11.3 Å². The fourth-order valence-electron chi connectivity index (χ4n) is 4.21. The summed E-state index contributed by atoms with van der Waals surface area (Å²) in [6, 6.07) is 15.7. The molecule has 37 heavy (non-hydrogen) atoms. The summed E-state index contributed by atoms with van der Waals surface area (Å²) in [6.07, 6.45) is 1.61. The van der Waals surface area contributed by atoms with Gasteiger partial charge in [-0.3, -0.25) is 4.79 Å². The van der Waals surface area contributed by atoms with Gasteiger partial charge in [0.1, 0.15) is 5.01 Å². The van der Waals surface area contributed by atoms with Gasteiger partial charge >= 0.3 is 0 Å². The number of benzene rings is 2. The van der Waals surface area contributed by atoms with E-state index in [2.05, 4.69) is 16.8 Å². The Bertz CT molecular complexity index is 1400. The molecule has 0 aliphatic rings. The predicted molar refractivity (Wildman–Crippen MR) is 151 cm³/mol. The van der Waals surface area contributed by atoms with Gasteiger partial charge in [-0.25, -0.2) is 4.98 Å². The van der Waals surface area contributed by atoms with E-state index in [-0.39, 0.29) is 11.9 Å². The Balaban J connectivity index is 1.71. The van der Waals surface area contributed by atoms with Crippen molar-refractivity contribution < 1.29 is 14.3 Å². The molecule has 1 unspecified atom stereocenters. The lowest BCUT2D eigenvalue weighted by molar-refractivity contribution is 0.0938. The van der Waals surface area contributed by atoms with Gasteiger partial charge in [-0.2, -0.15) is 0 Å². The van der Waals surface area contributed by atoms with Crippen molar-refractivity contribution in [3.63, 3.8) is 0 Å². The SMILES string of the molecule is CCC(C)NC(=O)c1cc(-c2csc(-c3ccccc3Cl)n2)n(CCc2ccc(OC)c(OC)c2)c1C. The van der Waals surface area contributed by atoms with Crippen LogP contribution in [0.4, 0.5) is 0 Å². The molecule has 0 fully saturated rings. The highest BCUT2D eigenvalue weighted by Gasteiger charge is 2.21. The summed E-state index contributed by atoms with van der Waals surface area (Å²) in [7, 11) is 3.26. The number of hydrogen-bond donors (Lipinski definition) is 1. The van der Waals surface area contributed by atoms with E-state index in [0.717, 1.165) is 46.1 Å². The van der Waals surface area contributed by atoms with Gasteiger partial charge in [0, 0.05) is 29.2 Å². The van der Waals surface area contributed by atoms with Gasteiger partial charge in [-0.1, -0.05) is 42.8 Å². The molecule has 0 aliphatic heterocycles. The van der Waals surface area contributed by atoms with Crippen molar-refractivity contribution in [2.45, 2.75) is 46.2 Å². The van der Waals surface area contributed by atoms with Gasteiger partial charge in [0.05, 0.1) is 36.2 Å². The minimum Gasteiger partial charge on any atom is -0.493 e. The Hall–Kier alpha value is -3.29. The molecule has 8 heteroatoms. The first-order chi connectivity index (χ1) is 17.9. The summed E-state index contributed by atoms with van der Waals surface area (Å²) in [5.41, 5.74) is 5.30. The highest BCUT2D eigenvalue weighted by Crippen LogP contribution is 2.35. The number of methoxy groups -OCH3 is 2. The Labute approximate surface area is 227 Å². The number of amides is 1. The molecule has 0 radical (unpaired) electrons. The quantitative estimate of drug-likeness (QED) is 0.236. The Morgan fingerprint density at radius 3 is 2.59 bits per heavy atom. The molecule has 2 aromatic carbocycles. The Morgan fingerprint density at radius 1 is 1.14 bits per heavy atom. The molecule has 2 aromatic heterocycles. The summed E-state index contributed by atoms with van der Waals surface area (Å²) in [4.78, 5) is 18.1. The van der Waals surface area contributed by atoms with Crippen LogP contribution in [0.1, 0.15) is 41.9 Å². The van der Waals surface area contributed by atoms with Crippen LogP contribution in [0.15, 0.2) is 53.9 Å². The number of aromatic nitrogens is 2. The Kier molecular flexibility index (Phi) is 8.56. The van der Waals surface area contributed by atoms with Crippen LogP contribution in [0.2, 0.25) is 5.02 Å². The average Bonchev–Trinajstić information content (AvgIpc) is 3.52. The van der Waals surface area contributed by atoms with Crippen molar-refractivity contribution in [3.8, 4) is 33.5 Å². The molecule has 1 N–H and O–H groups in total. The third kappa shape index (κ3) is 5.84. The lowest BCUT2D eigenvalue weighted by atomic mass is 10.1. The minimum atomic E-state index is -0.0699. The molecule has 1 amide bonds. The molecule has 6 nitrogen and oxygen atoms in total. The number of thiazole rings is 1. The minimum absolute atomic E-state index is 0.0699. The second-order valence-electron chi connectivity index (χ2n) is 8.92. The molecule has 0 bridgehead atoms. The maximum absolute atomic E-state index is 13.1. The summed E-state index contributed by atoms with van der Waals surface area (Å²) in [5.74, 6) is 1.32. The molecule has 0 aliphatic carbocycles. The normalized spacial score (nSPS) is 11.8. The smallest absolute Gasteiger partial charge is 0.253 e. The molecule has 0 saturated carbocycles. The van der Waals surface area contributed by atoms with E-state index in [1.54, 1.807) is 25.6 Å². The molecule has 0 spiro atoms. The number of rotatable bonds is 10. The first-order valence-corrected chi connectivity index (χ1v) is 13.5. The summed E-state index contributed by atoms with van der Waals surface area (Å²) < 4.78 is 13.0. The fourth-order valence-corrected chi connectivity index (χ4v) is 5.34. The van der Waals surface area contributed by atoms with Crippen LogP contribution < -0.4 is 14.8 Å². The Morgan fingerprint density at radius 2 is 1.89 bits per heavy atom. The van der Waals surface area contributed by atoms with Crippen molar-refractivity contribution in [2.24, 2.45) is 0 Å². The monoisotopic (exact) mass is 537 g/mol. The lowest BCUT2D eigenvalue weighted by Crippen LogP contribution is -2.32. The number of aryl methyl sites for hydroxylation is 1. The van der Waals surface area contributed by atoms with Gasteiger partial charge in [0.25, 0.3) is 5.91 Å². The first-order valence-electron chi connectivity index (χ1n) is 12.3. The largest absolute Gasteiger partial charge is 0.493 e. The molecule has 4 aromatic rings. The van der Waals surface area contributed by atoms with Crippen LogP contribution in [-0.2, 0) is 13.0 Å². The lowest BCUT2D eigenvalue weighted by Gasteiger charge is -2.14. The van der Waals surface area contributed by atoms with Crippen LogP contribution in [0.3, 0.4) is 0 Å². The van der Waals surface area contributed by atoms with Crippen molar-refractivity contribution in [1.82, 2.24) is 14.9 Å². The van der Waals surface area contributed by atoms with E-state index in [0.29, 0.717) is 28.6 Å². The van der Waals surface area contributed by atoms with E-state index in [9.17, 15) is 4.79 Å². The van der Waals surface area contributed by atoms with E-state index < -0.39 is 0 Å². The zero-order valence-corrected chi connectivity index (χ0v) is 23.4. The molecule has 2 heterocycles. The van der Waals surface area contributed by atoms with Crippen molar-refractivity contribution in [2.75, 3.05) is 14.2 Å². The molecule has 4 rings (SSSR count). The van der Waals surface area contributed by atoms with E-state index >= 15 is 0 Å². The third-order valence-corrected chi connectivity index (χ3v) is 7.75. The summed E-state index contributed by atoms with van der Waals surface area (Å²) >= 11 is 7.97. The van der Waals surface area contributed by atoms with Gasteiger partial charge in [-0.05, 0) is 56.5 Å². The topological polar surface area (TPSA) is 65.4 Å². The van der Waals surface area contributed by atoms with Gasteiger partial charge in [0.2, 0.25) is 0 Å².